The van der Waals surface area contributed by atoms with E-state index in [4.69, 9.17) is 8.92 Å². The van der Waals surface area contributed by atoms with Crippen molar-refractivity contribution in [2.24, 2.45) is 9.81 Å². The van der Waals surface area contributed by atoms with Gasteiger partial charge in [-0.15, -0.1) is 4.40 Å². The molecule has 128 valence electrons. The Bertz CT molecular complexity index is 860. The first kappa shape index (κ1) is 15.6. The van der Waals surface area contributed by atoms with E-state index in [0.29, 0.717) is 11.7 Å². The van der Waals surface area contributed by atoms with E-state index in [2.05, 4.69) is 11.3 Å². The molecular formula is C17H19NO5S. The second-order valence-corrected chi connectivity index (χ2v) is 8.26. The first-order valence-electron chi connectivity index (χ1n) is 8.13. The van der Waals surface area contributed by atoms with Gasteiger partial charge in [0.15, 0.2) is 5.75 Å². The Morgan fingerprint density at radius 1 is 1.38 bits per heavy atom. The van der Waals surface area contributed by atoms with Gasteiger partial charge in [0.05, 0.1) is 6.21 Å². The van der Waals surface area contributed by atoms with Crippen LogP contribution in [-0.2, 0) is 26.3 Å². The normalized spacial score (nSPS) is 32.2. The van der Waals surface area contributed by atoms with E-state index in [1.165, 1.54) is 18.7 Å². The fourth-order valence-corrected chi connectivity index (χ4v) is 5.22. The zero-order chi connectivity index (χ0) is 17.1. The van der Waals surface area contributed by atoms with Crippen molar-refractivity contribution in [1.29, 1.82) is 0 Å². The number of esters is 1. The van der Waals surface area contributed by atoms with Crippen LogP contribution in [0.2, 0.25) is 0 Å². The van der Waals surface area contributed by atoms with Crippen LogP contribution >= 0.6 is 0 Å². The lowest BCUT2D eigenvalue weighted by molar-refractivity contribution is -0.152. The number of carbonyl (C=O) groups is 1. The van der Waals surface area contributed by atoms with Crippen molar-refractivity contribution in [3.63, 3.8) is 0 Å². The molecule has 4 rings (SSSR count). The Labute approximate surface area is 141 Å². The van der Waals surface area contributed by atoms with Gasteiger partial charge in [-0.1, -0.05) is 13.0 Å². The molecule has 0 radical (unpaired) electrons. The summed E-state index contributed by atoms with van der Waals surface area (Å²) in [4.78, 5) is 11.4. The summed E-state index contributed by atoms with van der Waals surface area (Å²) >= 11 is 0. The lowest BCUT2D eigenvalue weighted by Crippen LogP contribution is -2.38. The minimum Gasteiger partial charge on any atom is -0.462 e. The quantitative estimate of drug-likeness (QED) is 0.728. The summed E-state index contributed by atoms with van der Waals surface area (Å²) < 4.78 is 37.1. The van der Waals surface area contributed by atoms with E-state index >= 15 is 0 Å². The number of hydrogen-bond donors (Lipinski definition) is 0. The van der Waals surface area contributed by atoms with Crippen LogP contribution in [0.15, 0.2) is 16.5 Å². The maximum atomic E-state index is 11.5. The van der Waals surface area contributed by atoms with Crippen LogP contribution < -0.4 is 4.18 Å². The average Bonchev–Trinajstić information content (AvgIpc) is 2.82. The molecule has 3 aliphatic rings. The van der Waals surface area contributed by atoms with Crippen molar-refractivity contribution in [2.45, 2.75) is 51.6 Å². The minimum atomic E-state index is -3.86. The topological polar surface area (TPSA) is 82.0 Å². The summed E-state index contributed by atoms with van der Waals surface area (Å²) in [6.07, 6.45) is 4.83. The predicted molar refractivity (Wildman–Crippen MR) is 87.5 cm³/mol. The van der Waals surface area contributed by atoms with Crippen molar-refractivity contribution < 1.29 is 22.1 Å². The monoisotopic (exact) mass is 349 g/mol. The molecule has 1 aliphatic heterocycles. The second-order valence-electron chi connectivity index (χ2n) is 7.02. The summed E-state index contributed by atoms with van der Waals surface area (Å²) in [6.45, 7) is 3.65. The number of carbonyl (C=O) groups excluding carboxylic acids is 1. The molecule has 2 aliphatic carbocycles. The van der Waals surface area contributed by atoms with Crippen molar-refractivity contribution in [2.75, 3.05) is 0 Å². The van der Waals surface area contributed by atoms with Crippen LogP contribution in [-0.4, -0.2) is 26.7 Å². The molecule has 0 unspecified atom stereocenters. The molecule has 0 N–H and O–H groups in total. The van der Waals surface area contributed by atoms with Gasteiger partial charge in [0.2, 0.25) is 0 Å². The Morgan fingerprint density at radius 3 is 2.92 bits per heavy atom. The number of rotatable bonds is 1. The molecule has 1 aromatic rings. The van der Waals surface area contributed by atoms with E-state index in [-0.39, 0.29) is 17.5 Å². The summed E-state index contributed by atoms with van der Waals surface area (Å²) in [5.74, 6) is 0.411. The maximum Gasteiger partial charge on any atom is 0.428 e. The Balaban J connectivity index is 1.76. The fraction of sp³-hybridized carbons (Fsp3) is 0.529. The number of hydrogen-bond acceptors (Lipinski definition) is 5. The lowest BCUT2D eigenvalue weighted by Gasteiger charge is -2.41. The smallest absolute Gasteiger partial charge is 0.428 e. The molecule has 0 bridgehead atoms. The van der Waals surface area contributed by atoms with E-state index in [9.17, 15) is 13.2 Å². The lowest BCUT2D eigenvalue weighted by atomic mass is 9.65. The summed E-state index contributed by atoms with van der Waals surface area (Å²) in [6, 6.07) is 3.67. The molecule has 1 aromatic carbocycles. The molecule has 24 heavy (non-hydrogen) atoms. The van der Waals surface area contributed by atoms with E-state index in [1.54, 1.807) is 6.07 Å². The van der Waals surface area contributed by atoms with Gasteiger partial charge in [-0.25, -0.2) is 0 Å². The molecule has 1 heterocycles. The number of ether oxygens (including phenoxy) is 1. The third-order valence-electron chi connectivity index (χ3n) is 5.71. The van der Waals surface area contributed by atoms with Crippen LogP contribution in [0.1, 0.15) is 55.7 Å². The minimum absolute atomic E-state index is 0.0607. The molecule has 1 fully saturated rings. The molecule has 3 atom stereocenters. The highest BCUT2D eigenvalue weighted by Crippen LogP contribution is 2.57. The van der Waals surface area contributed by atoms with Gasteiger partial charge >= 0.3 is 16.3 Å². The Morgan fingerprint density at radius 2 is 2.17 bits per heavy atom. The number of benzene rings is 1. The molecule has 1 saturated carbocycles. The number of nitrogens with zero attached hydrogens (tertiary/aromatic N) is 1. The highest BCUT2D eigenvalue weighted by molar-refractivity contribution is 7.86. The largest absolute Gasteiger partial charge is 0.462 e. The Kier molecular flexibility index (Phi) is 3.29. The zero-order valence-corrected chi connectivity index (χ0v) is 14.4. The molecule has 0 aromatic heterocycles. The van der Waals surface area contributed by atoms with Crippen molar-refractivity contribution in [3.8, 4) is 5.75 Å². The molecule has 0 spiro atoms. The summed E-state index contributed by atoms with van der Waals surface area (Å²) in [7, 11) is -3.86. The molecule has 0 saturated heterocycles. The van der Waals surface area contributed by atoms with Crippen LogP contribution in [0, 0.1) is 5.41 Å². The van der Waals surface area contributed by atoms with Crippen LogP contribution in [0.25, 0.3) is 0 Å². The summed E-state index contributed by atoms with van der Waals surface area (Å²) in [5, 5.41) is 0. The second kappa shape index (κ2) is 5.05. The molecule has 6 nitrogen and oxygen atoms in total. The van der Waals surface area contributed by atoms with Crippen LogP contribution in [0.3, 0.4) is 0 Å². The van der Waals surface area contributed by atoms with E-state index in [1.807, 2.05) is 6.07 Å². The first-order valence-corrected chi connectivity index (χ1v) is 9.49. The van der Waals surface area contributed by atoms with E-state index in [0.717, 1.165) is 36.8 Å². The first-order chi connectivity index (χ1) is 11.3. The van der Waals surface area contributed by atoms with Gasteiger partial charge in [0, 0.05) is 17.9 Å². The van der Waals surface area contributed by atoms with Crippen molar-refractivity contribution >= 4 is 22.5 Å². The zero-order valence-electron chi connectivity index (χ0n) is 13.6. The maximum absolute atomic E-state index is 11.5. The molecular weight excluding hydrogens is 330 g/mol. The standard InChI is InChI=1S/C17H19NO5S/c1-10(19)22-16-6-4-14-12-3-5-15-13(9-18-24(20,21)23-15)11(12)7-8-17(14,16)2/h3,5,9,14,16H,4,6-8H2,1-2H3/t14-,16-,17-/m0/s1. The van der Waals surface area contributed by atoms with E-state index < -0.39 is 10.3 Å². The molecule has 7 heteroatoms. The van der Waals surface area contributed by atoms with Gasteiger partial charge < -0.3 is 8.92 Å². The van der Waals surface area contributed by atoms with Crippen molar-refractivity contribution in [1.82, 2.24) is 0 Å². The van der Waals surface area contributed by atoms with Gasteiger partial charge in [-0.3, -0.25) is 4.79 Å². The predicted octanol–water partition coefficient (Wildman–Crippen LogP) is 2.50. The van der Waals surface area contributed by atoms with Crippen LogP contribution in [0.4, 0.5) is 0 Å². The third-order valence-corrected chi connectivity index (χ3v) is 6.46. The SMILES string of the molecule is CC(=O)O[C@H]1CC[C@H]2c3ccc4c(c3CC[C@]12C)C=NS(=O)(=O)O4. The highest BCUT2D eigenvalue weighted by Gasteiger charge is 2.51. The third kappa shape index (κ3) is 2.25. The highest BCUT2D eigenvalue weighted by atomic mass is 32.2. The average molecular weight is 349 g/mol. The fourth-order valence-electron chi connectivity index (χ4n) is 4.57. The van der Waals surface area contributed by atoms with Gasteiger partial charge in [0.1, 0.15) is 6.10 Å². The molecule has 0 amide bonds. The van der Waals surface area contributed by atoms with Gasteiger partial charge in [-0.2, -0.15) is 8.42 Å². The van der Waals surface area contributed by atoms with Crippen LogP contribution in [0.5, 0.6) is 5.75 Å². The Hall–Kier alpha value is -1.89. The summed E-state index contributed by atoms with van der Waals surface area (Å²) in [5.41, 5.74) is 3.00. The van der Waals surface area contributed by atoms with Crippen molar-refractivity contribution in [3.05, 3.63) is 28.8 Å². The number of fused-ring (bicyclic) bond motifs is 5. The van der Waals surface area contributed by atoms with Gasteiger partial charge in [-0.05, 0) is 48.8 Å². The van der Waals surface area contributed by atoms with Gasteiger partial charge in [0.25, 0.3) is 0 Å².